The van der Waals surface area contributed by atoms with Crippen molar-refractivity contribution in [1.29, 1.82) is 0 Å². The minimum absolute atomic E-state index is 0.462. The van der Waals surface area contributed by atoms with Crippen molar-refractivity contribution >= 4 is 11.6 Å². The van der Waals surface area contributed by atoms with Crippen LogP contribution in [0.25, 0.3) is 11.1 Å². The van der Waals surface area contributed by atoms with E-state index in [1.54, 1.807) is 0 Å². The largest absolute Gasteiger partial charge is 0.310 e. The number of benzene rings is 1. The molecule has 0 saturated heterocycles. The summed E-state index contributed by atoms with van der Waals surface area (Å²) in [6.07, 6.45) is 3.77. The summed E-state index contributed by atoms with van der Waals surface area (Å²) in [6, 6.07) is 6.77. The van der Waals surface area contributed by atoms with Gasteiger partial charge in [0.15, 0.2) is 0 Å². The predicted octanol–water partition coefficient (Wildman–Crippen LogP) is 4.52. The van der Waals surface area contributed by atoms with E-state index in [2.05, 4.69) is 50.1 Å². The van der Waals surface area contributed by atoms with E-state index in [-0.39, 0.29) is 0 Å². The first-order valence-corrected chi connectivity index (χ1v) is 7.29. The van der Waals surface area contributed by atoms with Gasteiger partial charge in [-0.25, -0.2) is 0 Å². The van der Waals surface area contributed by atoms with Crippen molar-refractivity contribution in [3.8, 4) is 11.1 Å². The Bertz CT molecular complexity index is 606. The molecule has 0 unspecified atom stereocenters. The number of nitrogens with one attached hydrogen (secondary N) is 1. The van der Waals surface area contributed by atoms with E-state index < -0.39 is 0 Å². The van der Waals surface area contributed by atoms with E-state index in [1.807, 2.05) is 18.5 Å². The van der Waals surface area contributed by atoms with E-state index in [9.17, 15) is 0 Å². The number of rotatable bonds is 4. The van der Waals surface area contributed by atoms with Crippen molar-refractivity contribution in [2.75, 3.05) is 0 Å². The van der Waals surface area contributed by atoms with Crippen LogP contribution in [-0.2, 0) is 6.54 Å². The zero-order valence-electron chi connectivity index (χ0n) is 12.5. The Labute approximate surface area is 126 Å². The van der Waals surface area contributed by atoms with Crippen molar-refractivity contribution in [3.63, 3.8) is 0 Å². The van der Waals surface area contributed by atoms with Crippen LogP contribution >= 0.6 is 11.6 Å². The zero-order valence-corrected chi connectivity index (χ0v) is 13.3. The van der Waals surface area contributed by atoms with Gasteiger partial charge in [-0.05, 0) is 48.7 Å². The van der Waals surface area contributed by atoms with Crippen molar-refractivity contribution in [3.05, 3.63) is 52.3 Å². The predicted molar refractivity (Wildman–Crippen MR) is 86.1 cm³/mol. The molecule has 0 aliphatic rings. The van der Waals surface area contributed by atoms with Crippen molar-refractivity contribution in [2.24, 2.45) is 0 Å². The summed E-state index contributed by atoms with van der Waals surface area (Å²) in [7, 11) is 0. The topological polar surface area (TPSA) is 24.9 Å². The quantitative estimate of drug-likeness (QED) is 0.895. The van der Waals surface area contributed by atoms with Gasteiger partial charge < -0.3 is 5.32 Å². The first-order valence-electron chi connectivity index (χ1n) is 6.92. The first-order chi connectivity index (χ1) is 9.47. The van der Waals surface area contributed by atoms with E-state index >= 15 is 0 Å². The molecule has 0 fully saturated rings. The Balaban J connectivity index is 2.33. The molecule has 0 atom stereocenters. The van der Waals surface area contributed by atoms with Crippen LogP contribution in [0.1, 0.15) is 30.5 Å². The summed E-state index contributed by atoms with van der Waals surface area (Å²) in [6.45, 7) is 9.27. The lowest BCUT2D eigenvalue weighted by Gasteiger charge is -2.11. The maximum atomic E-state index is 6.37. The fraction of sp³-hybridized carbons (Fsp3) is 0.353. The van der Waals surface area contributed by atoms with Gasteiger partial charge in [0, 0.05) is 41.1 Å². The second kappa shape index (κ2) is 6.38. The van der Waals surface area contributed by atoms with Gasteiger partial charge in [0.25, 0.3) is 0 Å². The van der Waals surface area contributed by atoms with E-state index in [0.717, 1.165) is 22.7 Å². The second-order valence-electron chi connectivity index (χ2n) is 5.53. The molecular weight excluding hydrogens is 268 g/mol. The summed E-state index contributed by atoms with van der Waals surface area (Å²) in [5.41, 5.74) is 5.75. The van der Waals surface area contributed by atoms with Crippen LogP contribution in [0.4, 0.5) is 0 Å². The van der Waals surface area contributed by atoms with Crippen LogP contribution in [-0.4, -0.2) is 11.0 Å². The molecule has 3 heteroatoms. The lowest BCUT2D eigenvalue weighted by Crippen LogP contribution is -2.21. The fourth-order valence-corrected chi connectivity index (χ4v) is 2.38. The Morgan fingerprint density at radius 1 is 1.10 bits per heavy atom. The van der Waals surface area contributed by atoms with Crippen molar-refractivity contribution < 1.29 is 0 Å². The van der Waals surface area contributed by atoms with Crippen molar-refractivity contribution in [2.45, 2.75) is 40.3 Å². The number of pyridine rings is 1. The summed E-state index contributed by atoms with van der Waals surface area (Å²) in [4.78, 5) is 4.33. The molecule has 0 saturated carbocycles. The third-order valence-corrected chi connectivity index (χ3v) is 3.72. The minimum Gasteiger partial charge on any atom is -0.310 e. The van der Waals surface area contributed by atoms with E-state index in [1.165, 1.54) is 16.7 Å². The highest BCUT2D eigenvalue weighted by atomic mass is 35.5. The lowest BCUT2D eigenvalue weighted by molar-refractivity contribution is 0.588. The molecular formula is C17H21ClN2. The lowest BCUT2D eigenvalue weighted by atomic mass is 10.0. The third kappa shape index (κ3) is 3.59. The Kier molecular flexibility index (Phi) is 4.79. The smallest absolute Gasteiger partial charge is 0.0487 e. The highest BCUT2D eigenvalue weighted by Crippen LogP contribution is 2.30. The van der Waals surface area contributed by atoms with Crippen LogP contribution < -0.4 is 5.32 Å². The van der Waals surface area contributed by atoms with E-state index in [0.29, 0.717) is 6.04 Å². The fourth-order valence-electron chi connectivity index (χ4n) is 2.06. The van der Waals surface area contributed by atoms with Crippen LogP contribution in [0, 0.1) is 13.8 Å². The Morgan fingerprint density at radius 3 is 2.50 bits per heavy atom. The molecule has 1 heterocycles. The van der Waals surface area contributed by atoms with Gasteiger partial charge in [0.05, 0.1) is 0 Å². The summed E-state index contributed by atoms with van der Waals surface area (Å²) in [5.74, 6) is 0. The van der Waals surface area contributed by atoms with Crippen molar-refractivity contribution in [1.82, 2.24) is 10.3 Å². The van der Waals surface area contributed by atoms with Crippen LogP contribution in [0.2, 0.25) is 5.02 Å². The molecule has 106 valence electrons. The number of aryl methyl sites for hydroxylation is 2. The first kappa shape index (κ1) is 15.0. The molecule has 0 radical (unpaired) electrons. The average molecular weight is 289 g/mol. The summed E-state index contributed by atoms with van der Waals surface area (Å²) < 4.78 is 0. The van der Waals surface area contributed by atoms with Crippen LogP contribution in [0.3, 0.4) is 0 Å². The molecule has 2 aromatic rings. The zero-order chi connectivity index (χ0) is 14.7. The monoisotopic (exact) mass is 288 g/mol. The molecule has 0 amide bonds. The minimum atomic E-state index is 0.462. The van der Waals surface area contributed by atoms with Gasteiger partial charge in [0.2, 0.25) is 0 Å². The number of aromatic nitrogens is 1. The van der Waals surface area contributed by atoms with Crippen LogP contribution in [0.15, 0.2) is 30.6 Å². The highest BCUT2D eigenvalue weighted by molar-refractivity contribution is 6.33. The molecule has 1 aromatic heterocycles. The normalized spacial score (nSPS) is 11.1. The van der Waals surface area contributed by atoms with Gasteiger partial charge in [0.1, 0.15) is 0 Å². The standard InChI is InChI=1S/C17H21ClN2/c1-11(2)20-9-14-7-15(10-19-8-14)16-5-12(3)13(4)6-17(16)18/h5-8,10-11,20H,9H2,1-4H3. The molecule has 20 heavy (non-hydrogen) atoms. The van der Waals surface area contributed by atoms with Gasteiger partial charge in [-0.3, -0.25) is 4.98 Å². The Morgan fingerprint density at radius 2 is 1.80 bits per heavy atom. The van der Waals surface area contributed by atoms with Crippen LogP contribution in [0.5, 0.6) is 0 Å². The van der Waals surface area contributed by atoms with Gasteiger partial charge in [-0.2, -0.15) is 0 Å². The summed E-state index contributed by atoms with van der Waals surface area (Å²) >= 11 is 6.37. The molecule has 1 N–H and O–H groups in total. The molecule has 0 aliphatic carbocycles. The molecule has 2 rings (SSSR count). The third-order valence-electron chi connectivity index (χ3n) is 3.40. The molecule has 0 bridgehead atoms. The average Bonchev–Trinajstić information content (AvgIpc) is 2.41. The van der Waals surface area contributed by atoms with Gasteiger partial charge >= 0.3 is 0 Å². The maximum Gasteiger partial charge on any atom is 0.0487 e. The highest BCUT2D eigenvalue weighted by Gasteiger charge is 2.07. The molecule has 0 spiro atoms. The maximum absolute atomic E-state index is 6.37. The number of hydrogen-bond acceptors (Lipinski definition) is 2. The SMILES string of the molecule is Cc1cc(Cl)c(-c2cncc(CNC(C)C)c2)cc1C. The molecule has 1 aromatic carbocycles. The van der Waals surface area contributed by atoms with E-state index in [4.69, 9.17) is 11.6 Å². The molecule has 2 nitrogen and oxygen atoms in total. The molecule has 0 aliphatic heterocycles. The Hall–Kier alpha value is -1.38. The summed E-state index contributed by atoms with van der Waals surface area (Å²) in [5, 5.41) is 4.18. The number of halogens is 1. The van der Waals surface area contributed by atoms with Gasteiger partial charge in [-0.15, -0.1) is 0 Å². The number of hydrogen-bond donors (Lipinski definition) is 1. The van der Waals surface area contributed by atoms with Gasteiger partial charge in [-0.1, -0.05) is 25.4 Å². The second-order valence-corrected chi connectivity index (χ2v) is 5.94. The number of nitrogens with zero attached hydrogens (tertiary/aromatic N) is 1.